The quantitative estimate of drug-likeness (QED) is 0.691. The fraction of sp³-hybridized carbons (Fsp3) is 0.176. The smallest absolute Gasteiger partial charge is 0.356 e. The number of aromatic carboxylic acids is 1. The van der Waals surface area contributed by atoms with E-state index in [9.17, 15) is 9.59 Å². The Morgan fingerprint density at radius 3 is 2.85 bits per heavy atom. The van der Waals surface area contributed by atoms with E-state index in [2.05, 4.69) is 15.5 Å². The third-order valence-corrected chi connectivity index (χ3v) is 3.97. The predicted octanol–water partition coefficient (Wildman–Crippen LogP) is 2.68. The largest absolute Gasteiger partial charge is 0.476 e. The maximum Gasteiger partial charge on any atom is 0.356 e. The van der Waals surface area contributed by atoms with Gasteiger partial charge in [0, 0.05) is 17.4 Å². The van der Waals surface area contributed by atoms with E-state index in [1.807, 2.05) is 18.2 Å². The van der Waals surface area contributed by atoms with Crippen LogP contribution in [-0.2, 0) is 11.3 Å². The summed E-state index contributed by atoms with van der Waals surface area (Å²) in [7, 11) is 0. The minimum Gasteiger partial charge on any atom is -0.476 e. The van der Waals surface area contributed by atoms with Crippen molar-refractivity contribution >= 4 is 29.2 Å². The van der Waals surface area contributed by atoms with Crippen LogP contribution in [0.15, 0.2) is 48.9 Å². The highest BCUT2D eigenvalue weighted by molar-refractivity contribution is 6.30. The number of benzene rings is 1. The van der Waals surface area contributed by atoms with Crippen molar-refractivity contribution in [2.24, 2.45) is 0 Å². The van der Waals surface area contributed by atoms with Crippen molar-refractivity contribution < 1.29 is 14.7 Å². The second-order valence-corrected chi connectivity index (χ2v) is 6.14. The molecule has 0 aliphatic heterocycles. The number of carboxylic acids is 1. The van der Waals surface area contributed by atoms with E-state index in [-0.39, 0.29) is 11.6 Å². The Kier molecular flexibility index (Phi) is 5.04. The molecule has 0 radical (unpaired) electrons. The number of nitrogens with zero attached hydrogens (tertiary/aromatic N) is 4. The van der Waals surface area contributed by atoms with Gasteiger partial charge >= 0.3 is 5.97 Å². The van der Waals surface area contributed by atoms with E-state index in [1.165, 1.54) is 16.9 Å². The molecule has 2 aromatic heterocycles. The minimum absolute atomic E-state index is 0.112. The lowest BCUT2D eigenvalue weighted by molar-refractivity contribution is -0.119. The van der Waals surface area contributed by atoms with Crippen LogP contribution in [0, 0.1) is 0 Å². The highest BCUT2D eigenvalue weighted by Crippen LogP contribution is 2.14. The molecule has 0 saturated carbocycles. The molecule has 2 heterocycles. The molecule has 0 bridgehead atoms. The standard InChI is InChI=1S/C17H16ClN5O3/c1-11(23-6-5-15(21-23)17(25)26)16(24)20-14-8-19-22(10-14)9-12-3-2-4-13(18)7-12/h2-8,10-11H,9H2,1H3,(H,20,24)(H,25,26). The Hall–Kier alpha value is -3.13. The lowest BCUT2D eigenvalue weighted by Gasteiger charge is -2.11. The van der Waals surface area contributed by atoms with E-state index in [0.29, 0.717) is 17.3 Å². The summed E-state index contributed by atoms with van der Waals surface area (Å²) in [5.74, 6) is -1.47. The highest BCUT2D eigenvalue weighted by Gasteiger charge is 2.18. The summed E-state index contributed by atoms with van der Waals surface area (Å²) in [5, 5.41) is 20.4. The number of nitrogens with one attached hydrogen (secondary N) is 1. The summed E-state index contributed by atoms with van der Waals surface area (Å²) in [5.41, 5.74) is 1.41. The van der Waals surface area contributed by atoms with Crippen molar-refractivity contribution in [1.82, 2.24) is 19.6 Å². The van der Waals surface area contributed by atoms with E-state index < -0.39 is 12.0 Å². The van der Waals surface area contributed by atoms with Crippen LogP contribution >= 0.6 is 11.6 Å². The van der Waals surface area contributed by atoms with Gasteiger partial charge in [-0.2, -0.15) is 10.2 Å². The molecular formula is C17H16ClN5O3. The first kappa shape index (κ1) is 17.7. The lowest BCUT2D eigenvalue weighted by Crippen LogP contribution is -2.24. The van der Waals surface area contributed by atoms with Crippen molar-refractivity contribution in [1.29, 1.82) is 0 Å². The third-order valence-electron chi connectivity index (χ3n) is 3.74. The third kappa shape index (κ3) is 4.09. The summed E-state index contributed by atoms with van der Waals surface area (Å²) in [6.07, 6.45) is 4.70. The van der Waals surface area contributed by atoms with E-state index in [0.717, 1.165) is 5.56 Å². The van der Waals surface area contributed by atoms with E-state index in [4.69, 9.17) is 16.7 Å². The zero-order valence-electron chi connectivity index (χ0n) is 13.8. The van der Waals surface area contributed by atoms with Crippen molar-refractivity contribution in [3.8, 4) is 0 Å². The first-order chi connectivity index (χ1) is 12.4. The molecule has 3 rings (SSSR count). The van der Waals surface area contributed by atoms with Gasteiger partial charge in [-0.15, -0.1) is 0 Å². The number of amides is 1. The average molecular weight is 374 g/mol. The van der Waals surface area contributed by atoms with Gasteiger partial charge in [-0.05, 0) is 30.7 Å². The maximum absolute atomic E-state index is 12.3. The first-order valence-corrected chi connectivity index (χ1v) is 8.16. The van der Waals surface area contributed by atoms with E-state index >= 15 is 0 Å². The van der Waals surface area contributed by atoms with Crippen molar-refractivity contribution in [2.45, 2.75) is 19.5 Å². The molecule has 9 heteroatoms. The Morgan fingerprint density at radius 1 is 1.35 bits per heavy atom. The van der Waals surface area contributed by atoms with Crippen LogP contribution in [0.1, 0.15) is 29.0 Å². The van der Waals surface area contributed by atoms with Gasteiger partial charge < -0.3 is 10.4 Å². The summed E-state index contributed by atoms with van der Waals surface area (Å²) >= 11 is 5.97. The number of hydrogen-bond donors (Lipinski definition) is 2. The number of rotatable bonds is 6. The Labute approximate surface area is 154 Å². The fourth-order valence-electron chi connectivity index (χ4n) is 2.37. The van der Waals surface area contributed by atoms with Crippen LogP contribution in [0.3, 0.4) is 0 Å². The number of carbonyl (C=O) groups is 2. The number of carbonyl (C=O) groups excluding carboxylic acids is 1. The summed E-state index contributed by atoms with van der Waals surface area (Å²) in [6.45, 7) is 2.15. The fourth-order valence-corrected chi connectivity index (χ4v) is 2.58. The number of aromatic nitrogens is 4. The molecule has 1 atom stereocenters. The maximum atomic E-state index is 12.3. The van der Waals surface area contributed by atoms with Crippen LogP contribution < -0.4 is 5.32 Å². The van der Waals surface area contributed by atoms with E-state index in [1.54, 1.807) is 30.1 Å². The topological polar surface area (TPSA) is 102 Å². The lowest BCUT2D eigenvalue weighted by atomic mass is 10.2. The molecule has 0 spiro atoms. The van der Waals surface area contributed by atoms with Gasteiger partial charge in [-0.1, -0.05) is 23.7 Å². The summed E-state index contributed by atoms with van der Waals surface area (Å²) in [6, 6.07) is 8.12. The molecule has 0 aliphatic carbocycles. The molecule has 0 fully saturated rings. The first-order valence-electron chi connectivity index (χ1n) is 7.78. The van der Waals surface area contributed by atoms with Gasteiger partial charge in [0.05, 0.1) is 18.4 Å². The van der Waals surface area contributed by atoms with Crippen LogP contribution in [-0.4, -0.2) is 36.5 Å². The second kappa shape index (κ2) is 7.40. The van der Waals surface area contributed by atoms with Gasteiger partial charge in [0.1, 0.15) is 6.04 Å². The SMILES string of the molecule is CC(C(=O)Nc1cnn(Cc2cccc(Cl)c2)c1)n1ccc(C(=O)O)n1. The van der Waals surface area contributed by atoms with Crippen LogP contribution in [0.25, 0.3) is 0 Å². The van der Waals surface area contributed by atoms with Crippen molar-refractivity contribution in [2.75, 3.05) is 5.32 Å². The van der Waals surface area contributed by atoms with Gasteiger partial charge in [-0.25, -0.2) is 4.79 Å². The summed E-state index contributed by atoms with van der Waals surface area (Å²) in [4.78, 5) is 23.2. The van der Waals surface area contributed by atoms with Crippen molar-refractivity contribution in [3.63, 3.8) is 0 Å². The zero-order chi connectivity index (χ0) is 18.7. The molecule has 134 valence electrons. The molecular weight excluding hydrogens is 358 g/mol. The molecule has 2 N–H and O–H groups in total. The van der Waals surface area contributed by atoms with Crippen molar-refractivity contribution in [3.05, 3.63) is 65.2 Å². The van der Waals surface area contributed by atoms with Gasteiger partial charge in [0.15, 0.2) is 5.69 Å². The molecule has 0 aliphatic rings. The molecule has 3 aromatic rings. The molecule has 8 nitrogen and oxygen atoms in total. The molecule has 1 amide bonds. The average Bonchev–Trinajstić information content (AvgIpc) is 3.24. The molecule has 1 aromatic carbocycles. The normalized spacial score (nSPS) is 11.9. The van der Waals surface area contributed by atoms with Crippen LogP contribution in [0.2, 0.25) is 5.02 Å². The number of anilines is 1. The Morgan fingerprint density at radius 2 is 2.15 bits per heavy atom. The summed E-state index contributed by atoms with van der Waals surface area (Å²) < 4.78 is 2.98. The Bertz CT molecular complexity index is 949. The molecule has 1 unspecified atom stereocenters. The molecule has 0 saturated heterocycles. The van der Waals surface area contributed by atoms with Crippen LogP contribution in [0.5, 0.6) is 0 Å². The number of hydrogen-bond acceptors (Lipinski definition) is 4. The molecule has 26 heavy (non-hydrogen) atoms. The Balaban J connectivity index is 1.64. The number of halogens is 1. The van der Waals surface area contributed by atoms with Crippen LogP contribution in [0.4, 0.5) is 5.69 Å². The number of carboxylic acid groups (broad SMARTS) is 1. The highest BCUT2D eigenvalue weighted by atomic mass is 35.5. The van der Waals surface area contributed by atoms with Gasteiger partial charge in [-0.3, -0.25) is 14.2 Å². The van der Waals surface area contributed by atoms with Gasteiger partial charge in [0.25, 0.3) is 0 Å². The minimum atomic E-state index is -1.14. The monoisotopic (exact) mass is 373 g/mol. The van der Waals surface area contributed by atoms with Gasteiger partial charge in [0.2, 0.25) is 5.91 Å². The predicted molar refractivity (Wildman–Crippen MR) is 95.3 cm³/mol. The zero-order valence-corrected chi connectivity index (χ0v) is 14.6. The second-order valence-electron chi connectivity index (χ2n) is 5.71.